The third-order valence-electron chi connectivity index (χ3n) is 3.92. The smallest absolute Gasteiger partial charge is 0.302 e. The number of nitrogens with one attached hydrogen (secondary N) is 1. The number of anilines is 1. The van der Waals surface area contributed by atoms with Gasteiger partial charge in [0.1, 0.15) is 12.4 Å². The highest BCUT2D eigenvalue weighted by molar-refractivity contribution is 14.1. The lowest BCUT2D eigenvalue weighted by atomic mass is 10.0. The van der Waals surface area contributed by atoms with Crippen LogP contribution >= 0.6 is 22.6 Å². The Kier molecular flexibility index (Phi) is 7.97. The van der Waals surface area contributed by atoms with Gasteiger partial charge in [-0.2, -0.15) is 0 Å². The Hall–Kier alpha value is -2.02. The molecule has 0 radical (unpaired) electrons. The monoisotopic (exact) mass is 465 g/mol. The fourth-order valence-electron chi connectivity index (χ4n) is 2.55. The highest BCUT2D eigenvalue weighted by Crippen LogP contribution is 2.34. The number of hydrogen-bond donors (Lipinski definition) is 1. The Balaban J connectivity index is 2.23. The number of ether oxygens (including phenoxy) is 2. The van der Waals surface area contributed by atoms with Crippen molar-refractivity contribution in [1.82, 2.24) is 0 Å². The summed E-state index contributed by atoms with van der Waals surface area (Å²) in [5.41, 5.74) is 3.19. The first kappa shape index (κ1) is 20.3. The van der Waals surface area contributed by atoms with E-state index in [1.807, 2.05) is 37.3 Å². The van der Waals surface area contributed by atoms with E-state index in [0.717, 1.165) is 27.0 Å². The zero-order chi connectivity index (χ0) is 18.9. The number of benzene rings is 2. The van der Waals surface area contributed by atoms with Gasteiger partial charge in [-0.15, -0.1) is 0 Å². The molecular formula is C21H24INO3. The van der Waals surface area contributed by atoms with Gasteiger partial charge in [0.2, 0.25) is 0 Å². The molecule has 4 nitrogen and oxygen atoms in total. The molecule has 0 aliphatic rings. The molecule has 26 heavy (non-hydrogen) atoms. The fourth-order valence-corrected chi connectivity index (χ4v) is 3.17. The molecule has 0 aliphatic carbocycles. The summed E-state index contributed by atoms with van der Waals surface area (Å²) in [6.07, 6.45) is 2.88. The predicted molar refractivity (Wildman–Crippen MR) is 114 cm³/mol. The molecule has 0 heterocycles. The number of methoxy groups -OCH3 is 1. The predicted octanol–water partition coefficient (Wildman–Crippen LogP) is 5.35. The lowest BCUT2D eigenvalue weighted by Crippen LogP contribution is -2.12. The van der Waals surface area contributed by atoms with Gasteiger partial charge in [-0.05, 0) is 59.2 Å². The zero-order valence-corrected chi connectivity index (χ0v) is 17.4. The van der Waals surface area contributed by atoms with Gasteiger partial charge >= 0.3 is 5.97 Å². The maximum atomic E-state index is 11.0. The summed E-state index contributed by atoms with van der Waals surface area (Å²) in [7, 11) is 1.68. The summed E-state index contributed by atoms with van der Waals surface area (Å²) >= 11 is 2.31. The molecule has 0 saturated heterocycles. The molecule has 0 aliphatic heterocycles. The van der Waals surface area contributed by atoms with Crippen LogP contribution in [0.3, 0.4) is 0 Å². The molecule has 0 aromatic heterocycles. The lowest BCUT2D eigenvalue weighted by molar-refractivity contribution is -0.139. The number of carbonyl (C=O) groups is 1. The van der Waals surface area contributed by atoms with E-state index in [0.29, 0.717) is 6.61 Å². The van der Waals surface area contributed by atoms with Crippen molar-refractivity contribution in [2.45, 2.75) is 26.3 Å². The van der Waals surface area contributed by atoms with E-state index in [-0.39, 0.29) is 12.0 Å². The molecule has 0 amide bonds. The fraction of sp³-hybridized carbons (Fsp3) is 0.286. The Morgan fingerprint density at radius 3 is 2.54 bits per heavy atom. The average Bonchev–Trinajstić information content (AvgIpc) is 2.65. The van der Waals surface area contributed by atoms with Gasteiger partial charge in [0.25, 0.3) is 0 Å². The molecule has 1 N–H and O–H groups in total. The van der Waals surface area contributed by atoms with Gasteiger partial charge in [-0.25, -0.2) is 0 Å². The Morgan fingerprint density at radius 1 is 1.15 bits per heavy atom. The maximum absolute atomic E-state index is 11.0. The second-order valence-electron chi connectivity index (χ2n) is 5.99. The van der Waals surface area contributed by atoms with Crippen molar-refractivity contribution < 1.29 is 14.3 Å². The maximum Gasteiger partial charge on any atom is 0.302 e. The van der Waals surface area contributed by atoms with Crippen LogP contribution < -0.4 is 10.1 Å². The van der Waals surface area contributed by atoms with Crippen molar-refractivity contribution in [1.29, 1.82) is 0 Å². The van der Waals surface area contributed by atoms with Crippen LogP contribution in [-0.2, 0) is 9.53 Å². The molecule has 5 heteroatoms. The SMILES string of the molecule is COc1cccc(I)c1NC(C/C=C(\C)COC(C)=O)c1ccccc1. The van der Waals surface area contributed by atoms with Crippen molar-refractivity contribution in [3.8, 4) is 5.75 Å². The van der Waals surface area contributed by atoms with Gasteiger partial charge in [0, 0.05) is 10.5 Å². The van der Waals surface area contributed by atoms with E-state index in [1.54, 1.807) is 7.11 Å². The van der Waals surface area contributed by atoms with E-state index in [1.165, 1.54) is 12.5 Å². The lowest BCUT2D eigenvalue weighted by Gasteiger charge is -2.22. The van der Waals surface area contributed by atoms with Crippen molar-refractivity contribution in [3.63, 3.8) is 0 Å². The number of esters is 1. The average molecular weight is 465 g/mol. The molecule has 138 valence electrons. The number of hydrogen-bond acceptors (Lipinski definition) is 4. The number of carbonyl (C=O) groups excluding carboxylic acids is 1. The van der Waals surface area contributed by atoms with Gasteiger partial charge in [-0.1, -0.05) is 42.5 Å². The van der Waals surface area contributed by atoms with Crippen molar-refractivity contribution in [2.24, 2.45) is 0 Å². The summed E-state index contributed by atoms with van der Waals surface area (Å²) in [6.45, 7) is 3.71. The quantitative estimate of drug-likeness (QED) is 0.324. The standard InChI is InChI=1S/C21H24INO3/c1-15(14-26-16(2)24)12-13-19(17-8-5-4-6-9-17)23-21-18(22)10-7-11-20(21)25-3/h4-12,19,23H,13-14H2,1-3H3/b15-12+. The van der Waals surface area contributed by atoms with Crippen LogP contribution in [0.2, 0.25) is 0 Å². The molecule has 0 saturated carbocycles. The highest BCUT2D eigenvalue weighted by Gasteiger charge is 2.15. The summed E-state index contributed by atoms with van der Waals surface area (Å²) in [5, 5.41) is 3.62. The molecule has 1 unspecified atom stereocenters. The minimum atomic E-state index is -0.265. The van der Waals surface area contributed by atoms with Gasteiger partial charge in [-0.3, -0.25) is 4.79 Å². The number of para-hydroxylation sites is 1. The first-order chi connectivity index (χ1) is 12.5. The van der Waals surface area contributed by atoms with Crippen LogP contribution in [0.15, 0.2) is 60.2 Å². The summed E-state index contributed by atoms with van der Waals surface area (Å²) in [6, 6.07) is 16.3. The first-order valence-electron chi connectivity index (χ1n) is 8.44. The second kappa shape index (κ2) is 10.2. The normalized spacial score (nSPS) is 12.4. The minimum Gasteiger partial charge on any atom is -0.495 e. The third kappa shape index (κ3) is 6.05. The Bertz CT molecular complexity index is 759. The second-order valence-corrected chi connectivity index (χ2v) is 7.15. The molecule has 0 bridgehead atoms. The van der Waals surface area contributed by atoms with Crippen LogP contribution in [0.5, 0.6) is 5.75 Å². The topological polar surface area (TPSA) is 47.6 Å². The van der Waals surface area contributed by atoms with E-state index in [2.05, 4.69) is 52.2 Å². The third-order valence-corrected chi connectivity index (χ3v) is 4.82. The van der Waals surface area contributed by atoms with Crippen molar-refractivity contribution in [2.75, 3.05) is 19.0 Å². The highest BCUT2D eigenvalue weighted by atomic mass is 127. The van der Waals surface area contributed by atoms with E-state index in [9.17, 15) is 4.79 Å². The largest absolute Gasteiger partial charge is 0.495 e. The van der Waals surface area contributed by atoms with Crippen LogP contribution in [0.25, 0.3) is 0 Å². The summed E-state index contributed by atoms with van der Waals surface area (Å²) in [4.78, 5) is 11.0. The number of halogens is 1. The van der Waals surface area contributed by atoms with Crippen molar-refractivity contribution in [3.05, 3.63) is 69.3 Å². The van der Waals surface area contributed by atoms with Gasteiger partial charge < -0.3 is 14.8 Å². The Labute approximate surface area is 168 Å². The zero-order valence-electron chi connectivity index (χ0n) is 15.3. The molecule has 2 aromatic rings. The van der Waals surface area contributed by atoms with Crippen LogP contribution in [0.1, 0.15) is 31.9 Å². The molecule has 2 aromatic carbocycles. The molecule has 0 spiro atoms. The van der Waals surface area contributed by atoms with Crippen LogP contribution in [0.4, 0.5) is 5.69 Å². The summed E-state index contributed by atoms with van der Waals surface area (Å²) < 4.78 is 11.7. The van der Waals surface area contributed by atoms with E-state index < -0.39 is 0 Å². The first-order valence-corrected chi connectivity index (χ1v) is 9.52. The van der Waals surface area contributed by atoms with Crippen LogP contribution in [0, 0.1) is 3.57 Å². The van der Waals surface area contributed by atoms with Gasteiger partial charge in [0.15, 0.2) is 0 Å². The van der Waals surface area contributed by atoms with Gasteiger partial charge in [0.05, 0.1) is 18.8 Å². The molecule has 0 fully saturated rings. The van der Waals surface area contributed by atoms with E-state index >= 15 is 0 Å². The Morgan fingerprint density at radius 2 is 1.88 bits per heavy atom. The molecule has 1 atom stereocenters. The van der Waals surface area contributed by atoms with Crippen molar-refractivity contribution >= 4 is 34.2 Å². The number of rotatable bonds is 8. The molecular weight excluding hydrogens is 441 g/mol. The summed E-state index contributed by atoms with van der Waals surface area (Å²) in [5.74, 6) is 0.553. The molecule has 2 rings (SSSR count). The minimum absolute atomic E-state index is 0.0771. The van der Waals surface area contributed by atoms with E-state index in [4.69, 9.17) is 9.47 Å². The van der Waals surface area contributed by atoms with Crippen LogP contribution in [-0.4, -0.2) is 19.7 Å².